The van der Waals surface area contributed by atoms with Gasteiger partial charge in [0.1, 0.15) is 0 Å². The van der Waals surface area contributed by atoms with Gasteiger partial charge < -0.3 is 10.4 Å². The Morgan fingerprint density at radius 1 is 0.636 bits per heavy atom. The summed E-state index contributed by atoms with van der Waals surface area (Å²) in [4.78, 5) is 11.1. The van der Waals surface area contributed by atoms with Crippen molar-refractivity contribution < 1.29 is 94.0 Å². The molecule has 0 aliphatic rings. The average molecular weight is 539 g/mol. The van der Waals surface area contributed by atoms with Crippen molar-refractivity contribution in [3.05, 3.63) is 0 Å². The van der Waals surface area contributed by atoms with Gasteiger partial charge in [0.2, 0.25) is 0 Å². The summed E-state index contributed by atoms with van der Waals surface area (Å²) < 4.78 is 221. The first-order valence-electron chi connectivity index (χ1n) is 7.15. The summed E-state index contributed by atoms with van der Waals surface area (Å²) >= 11 is 0. The summed E-state index contributed by atoms with van der Waals surface area (Å²) in [6, 6.07) is 0. The summed E-state index contributed by atoms with van der Waals surface area (Å²) in [5, 5.41) is 8.82. The molecule has 22 heteroatoms. The minimum absolute atomic E-state index is 0.581. The van der Waals surface area contributed by atoms with E-state index in [9.17, 15) is 79.4 Å². The molecule has 0 unspecified atom stereocenters. The highest BCUT2D eigenvalue weighted by molar-refractivity contribution is 5.84. The maximum absolute atomic E-state index is 13.9. The Hall–Kier alpha value is -1.84. The Labute approximate surface area is 168 Å². The molecule has 0 rings (SSSR count). The van der Waals surface area contributed by atoms with Crippen LogP contribution in [0.25, 0.3) is 0 Å². The topological polar surface area (TPSA) is 67.8 Å². The van der Waals surface area contributed by atoms with Gasteiger partial charge in [-0.3, -0.25) is 14.3 Å². The minimum atomic E-state index is -8.06. The zero-order chi connectivity index (χ0) is 27.1. The largest absolute Gasteiger partial charge is 0.462 e. The smallest absolute Gasteiger partial charge is 0.395 e. The molecule has 0 aromatic heterocycles. The van der Waals surface area contributed by atoms with Crippen LogP contribution < -0.4 is 5.32 Å². The quantitative estimate of drug-likeness (QED) is 0.436. The van der Waals surface area contributed by atoms with Gasteiger partial charge in [0.15, 0.2) is 0 Å². The lowest BCUT2D eigenvalue weighted by Gasteiger charge is -2.40. The maximum atomic E-state index is 13.9. The Balaban J connectivity index is 6.67. The van der Waals surface area contributed by atoms with E-state index < -0.39 is 67.4 Å². The lowest BCUT2D eigenvalue weighted by atomic mass is 10.2. The van der Waals surface area contributed by atoms with Gasteiger partial charge in [-0.2, -0.15) is 74.6 Å². The molecule has 0 saturated carbocycles. The van der Waals surface area contributed by atoms with Crippen LogP contribution in [-0.2, 0) is 14.3 Å². The molecule has 5 nitrogen and oxygen atoms in total. The van der Waals surface area contributed by atoms with Crippen LogP contribution in [0.3, 0.4) is 0 Å². The van der Waals surface area contributed by atoms with Crippen LogP contribution >= 0.6 is 0 Å². The maximum Gasteiger partial charge on any atom is 0.462 e. The standard InChI is InChI=1S/C11H6F17NO4/c12-4(7(16,17)18,3(31)29-1-2-30)32-11(27,28)6(15,9(22,23)24)33-10(25,26)5(13,14)8(19,20)21/h30H,1-2H2,(H,29,31)/t4-,6-/m1/s1. The summed E-state index contributed by atoms with van der Waals surface area (Å²) in [6.45, 7) is -2.84. The number of rotatable bonds is 9. The highest BCUT2D eigenvalue weighted by Crippen LogP contribution is 2.56. The highest BCUT2D eigenvalue weighted by Gasteiger charge is 2.85. The van der Waals surface area contributed by atoms with Gasteiger partial charge in [0.25, 0.3) is 5.91 Å². The number of aliphatic hydroxyl groups is 1. The third-order valence-corrected chi connectivity index (χ3v) is 3.05. The van der Waals surface area contributed by atoms with Gasteiger partial charge in [-0.15, -0.1) is 0 Å². The van der Waals surface area contributed by atoms with Gasteiger partial charge >= 0.3 is 48.4 Å². The van der Waals surface area contributed by atoms with Crippen LogP contribution in [0.5, 0.6) is 0 Å². The average Bonchev–Trinajstić information content (AvgIpc) is 2.55. The van der Waals surface area contributed by atoms with Gasteiger partial charge in [-0.1, -0.05) is 0 Å². The molecule has 0 saturated heterocycles. The number of nitrogens with one attached hydrogen (secondary N) is 1. The first-order valence-corrected chi connectivity index (χ1v) is 7.15. The number of hydrogen-bond donors (Lipinski definition) is 2. The molecule has 0 fully saturated rings. The van der Waals surface area contributed by atoms with Crippen molar-refractivity contribution in [2.45, 2.75) is 48.4 Å². The van der Waals surface area contributed by atoms with Crippen molar-refractivity contribution in [3.8, 4) is 0 Å². The highest BCUT2D eigenvalue weighted by atomic mass is 19.4. The van der Waals surface area contributed by atoms with E-state index in [1.807, 2.05) is 0 Å². The van der Waals surface area contributed by atoms with E-state index in [1.165, 1.54) is 4.74 Å². The second-order valence-electron chi connectivity index (χ2n) is 5.48. The number of alkyl halides is 17. The fourth-order valence-electron chi connectivity index (χ4n) is 1.45. The second kappa shape index (κ2) is 8.74. The molecule has 0 aliphatic heterocycles. The third-order valence-electron chi connectivity index (χ3n) is 3.05. The molecule has 0 aliphatic carbocycles. The van der Waals surface area contributed by atoms with Crippen LogP contribution in [-0.4, -0.2) is 72.5 Å². The number of halogens is 17. The first kappa shape index (κ1) is 31.2. The molecule has 33 heavy (non-hydrogen) atoms. The zero-order valence-corrected chi connectivity index (χ0v) is 14.5. The number of carbonyl (C=O) groups excluding carboxylic acids is 1. The van der Waals surface area contributed by atoms with Crippen molar-refractivity contribution >= 4 is 5.91 Å². The van der Waals surface area contributed by atoms with E-state index in [2.05, 4.69) is 0 Å². The fourth-order valence-corrected chi connectivity index (χ4v) is 1.45. The molecule has 198 valence electrons. The molecule has 0 bridgehead atoms. The van der Waals surface area contributed by atoms with Gasteiger partial charge in [-0.05, 0) is 0 Å². The Kier molecular flexibility index (Phi) is 8.26. The zero-order valence-electron chi connectivity index (χ0n) is 14.5. The summed E-state index contributed by atoms with van der Waals surface area (Å²) in [5.41, 5.74) is 0. The third kappa shape index (κ3) is 5.63. The Morgan fingerprint density at radius 3 is 1.36 bits per heavy atom. The molecule has 0 spiro atoms. The molecular formula is C11H6F17NO4. The van der Waals surface area contributed by atoms with E-state index in [4.69, 9.17) is 5.11 Å². The summed E-state index contributed by atoms with van der Waals surface area (Å²) in [5.74, 6) is -26.3. The molecule has 0 radical (unpaired) electrons. The Morgan fingerprint density at radius 2 is 1.06 bits per heavy atom. The van der Waals surface area contributed by atoms with Crippen molar-refractivity contribution in [3.63, 3.8) is 0 Å². The number of aliphatic hydroxyl groups excluding tert-OH is 1. The number of amides is 1. The van der Waals surface area contributed by atoms with E-state index in [-0.39, 0.29) is 0 Å². The molecule has 1 amide bonds. The monoisotopic (exact) mass is 539 g/mol. The van der Waals surface area contributed by atoms with Crippen LogP contribution in [0, 0.1) is 0 Å². The van der Waals surface area contributed by atoms with Crippen molar-refractivity contribution in [1.82, 2.24) is 5.32 Å². The molecule has 0 heterocycles. The molecule has 0 aromatic carbocycles. The minimum Gasteiger partial charge on any atom is -0.395 e. The predicted octanol–water partition coefficient (Wildman–Crippen LogP) is 3.97. The van der Waals surface area contributed by atoms with E-state index >= 15 is 0 Å². The van der Waals surface area contributed by atoms with E-state index in [0.29, 0.717) is 5.32 Å². The van der Waals surface area contributed by atoms with Gasteiger partial charge in [-0.25, -0.2) is 0 Å². The first-order chi connectivity index (χ1) is 14.1. The lowest BCUT2D eigenvalue weighted by molar-refractivity contribution is -0.548. The number of hydrogen-bond acceptors (Lipinski definition) is 4. The number of ether oxygens (including phenoxy) is 2. The lowest BCUT2D eigenvalue weighted by Crippen LogP contribution is -2.68. The predicted molar refractivity (Wildman–Crippen MR) is 62.9 cm³/mol. The number of carbonyl (C=O) groups is 1. The molecular weight excluding hydrogens is 533 g/mol. The van der Waals surface area contributed by atoms with Crippen LogP contribution in [0.4, 0.5) is 74.6 Å². The van der Waals surface area contributed by atoms with E-state index in [0.717, 1.165) is 0 Å². The second-order valence-corrected chi connectivity index (χ2v) is 5.48. The molecule has 2 N–H and O–H groups in total. The van der Waals surface area contributed by atoms with Crippen LogP contribution in [0.15, 0.2) is 0 Å². The summed E-state index contributed by atoms with van der Waals surface area (Å²) in [6.07, 6.45) is -38.6. The molecule has 0 aromatic rings. The Bertz CT molecular complexity index is 701. The van der Waals surface area contributed by atoms with Gasteiger partial charge in [0.05, 0.1) is 6.61 Å². The van der Waals surface area contributed by atoms with Crippen molar-refractivity contribution in [2.24, 2.45) is 0 Å². The van der Waals surface area contributed by atoms with Gasteiger partial charge in [0, 0.05) is 6.54 Å². The van der Waals surface area contributed by atoms with Crippen molar-refractivity contribution in [1.29, 1.82) is 0 Å². The SMILES string of the molecule is O=C(NCCO)[C@@](F)(OC(F)(F)[C@](F)(OC(F)(F)C(F)(F)C(F)(F)F)C(F)(F)F)C(F)(F)F. The van der Waals surface area contributed by atoms with Crippen molar-refractivity contribution in [2.75, 3.05) is 13.2 Å². The summed E-state index contributed by atoms with van der Waals surface area (Å²) in [7, 11) is 0. The van der Waals surface area contributed by atoms with E-state index in [1.54, 1.807) is 4.74 Å². The fraction of sp³-hybridized carbons (Fsp3) is 0.909. The van der Waals surface area contributed by atoms with Crippen LogP contribution in [0.2, 0.25) is 0 Å². The van der Waals surface area contributed by atoms with Crippen LogP contribution in [0.1, 0.15) is 0 Å². The normalized spacial score (nSPS) is 18.5. The molecule has 2 atom stereocenters.